The lowest BCUT2D eigenvalue weighted by molar-refractivity contribution is 0.413. The van der Waals surface area contributed by atoms with E-state index in [0.717, 1.165) is 33.5 Å². The molecule has 0 aliphatic rings. The first-order chi connectivity index (χ1) is 15.1. The van der Waals surface area contributed by atoms with E-state index in [2.05, 4.69) is 15.0 Å². The monoisotopic (exact) mass is 408 g/mol. The summed E-state index contributed by atoms with van der Waals surface area (Å²) in [7, 11) is 1.64. The molecule has 0 saturated heterocycles. The predicted molar refractivity (Wildman–Crippen MR) is 124 cm³/mol. The first-order valence-electron chi connectivity index (χ1n) is 9.90. The van der Waals surface area contributed by atoms with Crippen LogP contribution in [0.4, 0.5) is 0 Å². The molecule has 2 aromatic heterocycles. The van der Waals surface area contributed by atoms with Gasteiger partial charge in [0.1, 0.15) is 11.6 Å². The molecule has 2 heterocycles. The van der Waals surface area contributed by atoms with Crippen molar-refractivity contribution in [3.63, 3.8) is 0 Å². The number of hydrogen-bond donors (Lipinski definition) is 1. The van der Waals surface area contributed by atoms with Crippen molar-refractivity contribution in [1.29, 1.82) is 0 Å². The SMILES string of the molecule is COc1cc(C=Cc2nc3cc4ccccc4cc3c(=O)[nH]2)ccc1-n1cnc(C)c1. The zero-order chi connectivity index (χ0) is 21.4. The van der Waals surface area contributed by atoms with Crippen LogP contribution in [0.2, 0.25) is 0 Å². The van der Waals surface area contributed by atoms with Crippen molar-refractivity contribution in [2.45, 2.75) is 6.92 Å². The second-order valence-electron chi connectivity index (χ2n) is 7.35. The van der Waals surface area contributed by atoms with E-state index in [1.165, 1.54) is 0 Å². The van der Waals surface area contributed by atoms with Crippen LogP contribution in [0, 0.1) is 6.92 Å². The fourth-order valence-corrected chi connectivity index (χ4v) is 3.66. The zero-order valence-corrected chi connectivity index (χ0v) is 17.2. The van der Waals surface area contributed by atoms with Gasteiger partial charge < -0.3 is 14.3 Å². The number of aryl methyl sites for hydroxylation is 1. The molecule has 0 fully saturated rings. The van der Waals surface area contributed by atoms with Crippen LogP contribution in [0.3, 0.4) is 0 Å². The third kappa shape index (κ3) is 3.59. The average molecular weight is 408 g/mol. The molecule has 0 amide bonds. The first kappa shape index (κ1) is 18.8. The summed E-state index contributed by atoms with van der Waals surface area (Å²) in [6, 6.07) is 17.7. The van der Waals surface area contributed by atoms with Crippen LogP contribution in [-0.2, 0) is 0 Å². The minimum Gasteiger partial charge on any atom is -0.495 e. The Morgan fingerprint density at radius 1 is 1.03 bits per heavy atom. The summed E-state index contributed by atoms with van der Waals surface area (Å²) in [5, 5.41) is 2.65. The molecule has 5 rings (SSSR count). The smallest absolute Gasteiger partial charge is 0.259 e. The van der Waals surface area contributed by atoms with Gasteiger partial charge in [-0.1, -0.05) is 36.4 Å². The van der Waals surface area contributed by atoms with Crippen LogP contribution >= 0.6 is 0 Å². The minimum absolute atomic E-state index is 0.154. The second-order valence-corrected chi connectivity index (χ2v) is 7.35. The van der Waals surface area contributed by atoms with E-state index in [9.17, 15) is 4.79 Å². The first-order valence-corrected chi connectivity index (χ1v) is 9.90. The van der Waals surface area contributed by atoms with Crippen molar-refractivity contribution in [1.82, 2.24) is 19.5 Å². The molecule has 0 atom stereocenters. The number of hydrogen-bond acceptors (Lipinski definition) is 4. The molecule has 0 aliphatic carbocycles. The molecule has 5 aromatic rings. The lowest BCUT2D eigenvalue weighted by Crippen LogP contribution is -2.09. The molecule has 6 nitrogen and oxygen atoms in total. The summed E-state index contributed by atoms with van der Waals surface area (Å²) in [6.07, 6.45) is 7.40. The summed E-state index contributed by atoms with van der Waals surface area (Å²) < 4.78 is 7.49. The average Bonchev–Trinajstić information content (AvgIpc) is 3.22. The summed E-state index contributed by atoms with van der Waals surface area (Å²) in [5.41, 5.74) is 3.29. The molecule has 0 radical (unpaired) electrons. The second kappa shape index (κ2) is 7.57. The maximum atomic E-state index is 12.6. The quantitative estimate of drug-likeness (QED) is 0.436. The van der Waals surface area contributed by atoms with Crippen LogP contribution in [0.25, 0.3) is 39.5 Å². The fourth-order valence-electron chi connectivity index (χ4n) is 3.66. The number of nitrogens with zero attached hydrogens (tertiary/aromatic N) is 3. The van der Waals surface area contributed by atoms with Crippen molar-refractivity contribution in [3.8, 4) is 11.4 Å². The molecule has 31 heavy (non-hydrogen) atoms. The van der Waals surface area contributed by atoms with Gasteiger partial charge in [-0.15, -0.1) is 0 Å². The maximum Gasteiger partial charge on any atom is 0.259 e. The molecule has 0 aliphatic heterocycles. The molecule has 3 aromatic carbocycles. The van der Waals surface area contributed by atoms with Gasteiger partial charge in [-0.25, -0.2) is 9.97 Å². The van der Waals surface area contributed by atoms with Crippen LogP contribution < -0.4 is 10.3 Å². The van der Waals surface area contributed by atoms with E-state index in [0.29, 0.717) is 16.7 Å². The van der Waals surface area contributed by atoms with Crippen molar-refractivity contribution in [2.24, 2.45) is 0 Å². The van der Waals surface area contributed by atoms with Gasteiger partial charge in [0, 0.05) is 6.20 Å². The van der Waals surface area contributed by atoms with E-state index in [1.54, 1.807) is 19.5 Å². The Kier molecular flexibility index (Phi) is 4.59. The van der Waals surface area contributed by atoms with Crippen molar-refractivity contribution < 1.29 is 4.74 Å². The van der Waals surface area contributed by atoms with Crippen molar-refractivity contribution in [3.05, 3.63) is 94.6 Å². The summed E-state index contributed by atoms with van der Waals surface area (Å²) in [6.45, 7) is 1.94. The summed E-state index contributed by atoms with van der Waals surface area (Å²) in [4.78, 5) is 24.4. The molecule has 0 saturated carbocycles. The van der Waals surface area contributed by atoms with E-state index >= 15 is 0 Å². The number of aromatic nitrogens is 4. The van der Waals surface area contributed by atoms with E-state index in [1.807, 2.05) is 78.4 Å². The number of methoxy groups -OCH3 is 1. The van der Waals surface area contributed by atoms with Crippen molar-refractivity contribution >= 4 is 33.8 Å². The number of H-pyrrole nitrogens is 1. The van der Waals surface area contributed by atoms with Gasteiger partial charge in [0.2, 0.25) is 0 Å². The highest BCUT2D eigenvalue weighted by Gasteiger charge is 2.07. The van der Waals surface area contributed by atoms with Crippen LogP contribution in [-0.4, -0.2) is 26.6 Å². The van der Waals surface area contributed by atoms with E-state index in [4.69, 9.17) is 4.74 Å². The number of imidazole rings is 1. The van der Waals surface area contributed by atoms with Gasteiger partial charge in [0.05, 0.1) is 35.7 Å². The van der Waals surface area contributed by atoms with Gasteiger partial charge >= 0.3 is 0 Å². The molecule has 0 bridgehead atoms. The van der Waals surface area contributed by atoms with Gasteiger partial charge in [-0.3, -0.25) is 4.79 Å². The third-order valence-electron chi connectivity index (χ3n) is 5.22. The predicted octanol–water partition coefficient (Wildman–Crippen LogP) is 4.75. The standard InChI is InChI=1S/C25H20N4O2/c1-16-14-29(15-26-16)22-9-7-17(11-23(22)31-2)8-10-24-27-21-13-19-6-4-3-5-18(19)12-20(21)25(30)28-24/h3-15H,1-2H3,(H,27,28,30). The Morgan fingerprint density at radius 3 is 2.58 bits per heavy atom. The maximum absolute atomic E-state index is 12.6. The third-order valence-corrected chi connectivity index (χ3v) is 5.22. The molecule has 152 valence electrons. The van der Waals surface area contributed by atoms with Gasteiger partial charge in [-0.05, 0) is 53.6 Å². The summed E-state index contributed by atoms with van der Waals surface area (Å²) >= 11 is 0. The van der Waals surface area contributed by atoms with E-state index in [-0.39, 0.29) is 5.56 Å². The Hall–Kier alpha value is -4.19. The normalized spacial score (nSPS) is 11.5. The molecule has 6 heteroatoms. The number of benzene rings is 3. The molecule has 0 spiro atoms. The Labute approximate surface area is 178 Å². The molecular weight excluding hydrogens is 388 g/mol. The largest absolute Gasteiger partial charge is 0.495 e. The van der Waals surface area contributed by atoms with Gasteiger partial charge in [0.25, 0.3) is 5.56 Å². The number of nitrogens with one attached hydrogen (secondary N) is 1. The van der Waals surface area contributed by atoms with Gasteiger partial charge in [0.15, 0.2) is 0 Å². The number of fused-ring (bicyclic) bond motifs is 2. The fraction of sp³-hybridized carbons (Fsp3) is 0.0800. The van der Waals surface area contributed by atoms with Gasteiger partial charge in [-0.2, -0.15) is 0 Å². The topological polar surface area (TPSA) is 72.8 Å². The Bertz CT molecular complexity index is 1510. The highest BCUT2D eigenvalue weighted by atomic mass is 16.5. The Balaban J connectivity index is 1.51. The van der Waals surface area contributed by atoms with Crippen LogP contribution in [0.5, 0.6) is 5.75 Å². The molecule has 1 N–H and O–H groups in total. The van der Waals surface area contributed by atoms with Crippen LogP contribution in [0.1, 0.15) is 17.1 Å². The minimum atomic E-state index is -0.154. The number of ether oxygens (including phenoxy) is 1. The lowest BCUT2D eigenvalue weighted by atomic mass is 10.1. The van der Waals surface area contributed by atoms with Crippen molar-refractivity contribution in [2.75, 3.05) is 7.11 Å². The Morgan fingerprint density at radius 2 is 1.84 bits per heavy atom. The highest BCUT2D eigenvalue weighted by Crippen LogP contribution is 2.25. The molecular formula is C25H20N4O2. The number of aromatic amines is 1. The zero-order valence-electron chi connectivity index (χ0n) is 17.2. The molecule has 0 unspecified atom stereocenters. The highest BCUT2D eigenvalue weighted by molar-refractivity contribution is 5.96. The van der Waals surface area contributed by atoms with E-state index < -0.39 is 0 Å². The van der Waals surface area contributed by atoms with Crippen LogP contribution in [0.15, 0.2) is 71.9 Å². The number of rotatable bonds is 4. The lowest BCUT2D eigenvalue weighted by Gasteiger charge is -2.10. The summed E-state index contributed by atoms with van der Waals surface area (Å²) in [5.74, 6) is 1.23.